The van der Waals surface area contributed by atoms with Crippen LogP contribution in [0.2, 0.25) is 0 Å². The van der Waals surface area contributed by atoms with Gasteiger partial charge in [-0.2, -0.15) is 0 Å². The molecule has 7 aliphatic rings. The lowest BCUT2D eigenvalue weighted by Gasteiger charge is -2.55. The first-order chi connectivity index (χ1) is 13.9. The third kappa shape index (κ3) is 2.02. The maximum Gasteiger partial charge on any atom is 0.0762 e. The van der Waals surface area contributed by atoms with Gasteiger partial charge < -0.3 is 15.2 Å². The molecule has 1 spiro atoms. The van der Waals surface area contributed by atoms with Crippen LogP contribution in [0, 0.1) is 46.3 Å². The van der Waals surface area contributed by atoms with E-state index < -0.39 is 0 Å². The predicted octanol–water partition coefficient (Wildman–Crippen LogP) is 4.30. The molecule has 29 heavy (non-hydrogen) atoms. The van der Waals surface area contributed by atoms with Gasteiger partial charge in [0.2, 0.25) is 0 Å². The molecule has 2 heterocycles. The molecule has 4 saturated carbocycles. The Balaban J connectivity index is 1.24. The zero-order valence-electron chi connectivity index (χ0n) is 18.5. The lowest BCUT2D eigenvalue weighted by Crippen LogP contribution is -2.52. The van der Waals surface area contributed by atoms with Crippen LogP contribution >= 0.6 is 0 Å². The van der Waals surface area contributed by atoms with Crippen LogP contribution in [0.3, 0.4) is 0 Å². The molecule has 0 aromatic heterocycles. The van der Waals surface area contributed by atoms with E-state index in [4.69, 9.17) is 4.74 Å². The van der Waals surface area contributed by atoms with Crippen molar-refractivity contribution in [3.63, 3.8) is 0 Å². The van der Waals surface area contributed by atoms with E-state index in [9.17, 15) is 5.11 Å². The Morgan fingerprint density at radius 3 is 2.83 bits per heavy atom. The summed E-state index contributed by atoms with van der Waals surface area (Å²) in [4.78, 5) is 0. The molecular formula is C26H39NO2. The van der Waals surface area contributed by atoms with Crippen LogP contribution in [0.15, 0.2) is 11.6 Å². The maximum absolute atomic E-state index is 10.3. The summed E-state index contributed by atoms with van der Waals surface area (Å²) in [5.74, 6) is 5.19. The largest absolute Gasteiger partial charge is 0.393 e. The minimum Gasteiger partial charge on any atom is -0.393 e. The van der Waals surface area contributed by atoms with Gasteiger partial charge in [-0.3, -0.25) is 0 Å². The molecule has 7 rings (SSSR count). The third-order valence-electron chi connectivity index (χ3n) is 11.7. The van der Waals surface area contributed by atoms with E-state index in [-0.39, 0.29) is 11.7 Å². The number of piperidine rings is 1. The summed E-state index contributed by atoms with van der Waals surface area (Å²) < 4.78 is 7.12. The molecule has 2 saturated heterocycles. The SMILES string of the molecule is C[C@@H]1CN[C@H]2C[C@@]3(CC[C@H]4C5CC=C6C[C@@H](O)CC[C@]6(C)C5[C@@H]5[C@H]4[C@@]53C)O[C@@H]2C1. The summed E-state index contributed by atoms with van der Waals surface area (Å²) >= 11 is 0. The summed E-state index contributed by atoms with van der Waals surface area (Å²) in [7, 11) is 0. The summed E-state index contributed by atoms with van der Waals surface area (Å²) in [6.07, 6.45) is 12.6. The van der Waals surface area contributed by atoms with Gasteiger partial charge in [-0.25, -0.2) is 0 Å². The molecule has 2 unspecified atom stereocenters. The molecular weight excluding hydrogens is 358 g/mol. The van der Waals surface area contributed by atoms with E-state index in [1.165, 1.54) is 45.1 Å². The van der Waals surface area contributed by atoms with E-state index in [1.54, 1.807) is 5.57 Å². The van der Waals surface area contributed by atoms with Gasteiger partial charge in [0.15, 0.2) is 0 Å². The van der Waals surface area contributed by atoms with Crippen LogP contribution < -0.4 is 5.32 Å². The minimum atomic E-state index is -0.0990. The van der Waals surface area contributed by atoms with Crippen molar-refractivity contribution >= 4 is 0 Å². The molecule has 2 N–H and O–H groups in total. The second kappa shape index (κ2) is 5.51. The van der Waals surface area contributed by atoms with Crippen LogP contribution in [0.25, 0.3) is 0 Å². The van der Waals surface area contributed by atoms with Crippen molar-refractivity contribution in [2.45, 2.75) is 96.0 Å². The smallest absolute Gasteiger partial charge is 0.0762 e. The fourth-order valence-corrected chi connectivity index (χ4v) is 10.4. The highest BCUT2D eigenvalue weighted by molar-refractivity contribution is 5.36. The number of ether oxygens (including phenoxy) is 1. The summed E-state index contributed by atoms with van der Waals surface area (Å²) in [6, 6.07) is 0.596. The van der Waals surface area contributed by atoms with Gasteiger partial charge >= 0.3 is 0 Å². The molecule has 0 amide bonds. The minimum absolute atomic E-state index is 0.0990. The maximum atomic E-state index is 10.3. The number of aliphatic hydroxyl groups excluding tert-OH is 1. The van der Waals surface area contributed by atoms with Crippen LogP contribution in [0.1, 0.15) is 72.1 Å². The fraction of sp³-hybridized carbons (Fsp3) is 0.923. The van der Waals surface area contributed by atoms with E-state index in [0.717, 1.165) is 48.3 Å². The lowest BCUT2D eigenvalue weighted by atomic mass is 9.51. The summed E-state index contributed by atoms with van der Waals surface area (Å²) in [5, 5.41) is 14.2. The Labute approximate surface area is 176 Å². The van der Waals surface area contributed by atoms with Crippen molar-refractivity contribution in [3.8, 4) is 0 Å². The van der Waals surface area contributed by atoms with Crippen LogP contribution in [-0.4, -0.2) is 35.5 Å². The molecule has 6 fully saturated rings. The molecule has 3 nitrogen and oxygen atoms in total. The highest BCUT2D eigenvalue weighted by atomic mass is 16.5. The zero-order chi connectivity index (χ0) is 19.8. The van der Waals surface area contributed by atoms with Gasteiger partial charge in [-0.05, 0) is 98.8 Å². The van der Waals surface area contributed by atoms with Gasteiger partial charge in [-0.15, -0.1) is 0 Å². The number of hydrogen-bond donors (Lipinski definition) is 2. The molecule has 0 aromatic rings. The van der Waals surface area contributed by atoms with Gasteiger partial charge in [0.25, 0.3) is 0 Å². The quantitative estimate of drug-likeness (QED) is 0.599. The molecule has 2 aliphatic heterocycles. The molecule has 0 bridgehead atoms. The van der Waals surface area contributed by atoms with Crippen molar-refractivity contribution in [1.82, 2.24) is 5.32 Å². The average molecular weight is 398 g/mol. The van der Waals surface area contributed by atoms with Gasteiger partial charge in [0.05, 0.1) is 17.8 Å². The Morgan fingerprint density at radius 2 is 1.97 bits per heavy atom. The second-order valence-corrected chi connectivity index (χ2v) is 12.7. The van der Waals surface area contributed by atoms with Crippen molar-refractivity contribution in [3.05, 3.63) is 11.6 Å². The number of allylic oxidation sites excluding steroid dienone is 1. The Morgan fingerprint density at radius 1 is 1.10 bits per heavy atom. The molecule has 160 valence electrons. The first-order valence-corrected chi connectivity index (χ1v) is 12.7. The van der Waals surface area contributed by atoms with Gasteiger partial charge in [0.1, 0.15) is 0 Å². The van der Waals surface area contributed by atoms with Crippen LogP contribution in [0.4, 0.5) is 0 Å². The summed E-state index contributed by atoms with van der Waals surface area (Å²) in [5.41, 5.74) is 2.49. The Hall–Kier alpha value is -0.380. The van der Waals surface area contributed by atoms with Crippen molar-refractivity contribution in [2.24, 2.45) is 46.3 Å². The van der Waals surface area contributed by atoms with Crippen molar-refractivity contribution in [2.75, 3.05) is 6.54 Å². The highest BCUT2D eigenvalue weighted by Gasteiger charge is 2.84. The lowest BCUT2D eigenvalue weighted by molar-refractivity contribution is -0.143. The van der Waals surface area contributed by atoms with Gasteiger partial charge in [-0.1, -0.05) is 32.4 Å². The number of rotatable bonds is 0. The van der Waals surface area contributed by atoms with Crippen molar-refractivity contribution in [1.29, 1.82) is 0 Å². The van der Waals surface area contributed by atoms with E-state index >= 15 is 0 Å². The third-order valence-corrected chi connectivity index (χ3v) is 11.7. The monoisotopic (exact) mass is 397 g/mol. The number of nitrogens with one attached hydrogen (secondary N) is 1. The molecule has 3 heteroatoms. The average Bonchev–Trinajstić information content (AvgIpc) is 3.00. The summed E-state index contributed by atoms with van der Waals surface area (Å²) in [6.45, 7) is 8.77. The first-order valence-electron chi connectivity index (χ1n) is 12.7. The zero-order valence-corrected chi connectivity index (χ0v) is 18.5. The van der Waals surface area contributed by atoms with Gasteiger partial charge in [0, 0.05) is 11.5 Å². The standard InChI is InChI=1S/C26H39NO2/c1-14-10-20-19(27-13-14)12-26(29-20)9-7-18-17-5-4-15-11-16(28)6-8-24(15,2)21(17)23-22(18)25(23,26)3/h4,14,16-23,27-28H,5-13H2,1-3H3/t14-,16-,17?,18-,19-,20+,21?,22-,23+,24-,25-,26+/m0/s1. The topological polar surface area (TPSA) is 41.5 Å². The van der Waals surface area contributed by atoms with Crippen LogP contribution in [-0.2, 0) is 4.74 Å². The van der Waals surface area contributed by atoms with E-state index in [0.29, 0.717) is 23.0 Å². The van der Waals surface area contributed by atoms with E-state index in [1.807, 2.05) is 0 Å². The first kappa shape index (κ1) is 18.2. The number of hydrogen-bond acceptors (Lipinski definition) is 3. The highest BCUT2D eigenvalue weighted by Crippen LogP contribution is 2.85. The predicted molar refractivity (Wildman–Crippen MR) is 113 cm³/mol. The molecule has 12 atom stereocenters. The Bertz CT molecular complexity index is 779. The fourth-order valence-electron chi connectivity index (χ4n) is 10.4. The van der Waals surface area contributed by atoms with E-state index in [2.05, 4.69) is 32.2 Å². The van der Waals surface area contributed by atoms with Crippen molar-refractivity contribution < 1.29 is 9.84 Å². The van der Waals surface area contributed by atoms with Crippen LogP contribution in [0.5, 0.6) is 0 Å². The Kier molecular flexibility index (Phi) is 3.46. The number of aliphatic hydroxyl groups is 1. The normalized spacial score (nSPS) is 64.7. The second-order valence-electron chi connectivity index (χ2n) is 12.7. The molecule has 0 aromatic carbocycles. The molecule has 0 radical (unpaired) electrons. The number of fused-ring (bicyclic) bond motifs is 8. The molecule has 5 aliphatic carbocycles.